The number of allylic oxidation sites excluding steroid dienone is 1. The third-order valence-corrected chi connectivity index (χ3v) is 6.85. The van der Waals surface area contributed by atoms with Crippen molar-refractivity contribution in [2.75, 3.05) is 5.32 Å². The van der Waals surface area contributed by atoms with E-state index in [1.807, 2.05) is 0 Å². The summed E-state index contributed by atoms with van der Waals surface area (Å²) in [7, 11) is 0. The van der Waals surface area contributed by atoms with Crippen molar-refractivity contribution in [3.8, 4) is 0 Å². The minimum absolute atomic E-state index is 0.00259. The Balaban J connectivity index is 1.81. The monoisotopic (exact) mass is 373 g/mol. The lowest BCUT2D eigenvalue weighted by molar-refractivity contribution is -0.118. The van der Waals surface area contributed by atoms with Crippen LogP contribution in [0.3, 0.4) is 0 Å². The fraction of sp³-hybridized carbons (Fsp3) is 0.292. The lowest BCUT2D eigenvalue weighted by atomic mass is 9.68. The number of Topliss-reactive ketones (excluding diaryl/α,β-unsaturated/α-hetero) is 1. The molecule has 5 rings (SSSR count). The number of rotatable bonds is 1. The molecule has 0 radical (unpaired) electrons. The van der Waals surface area contributed by atoms with Crippen molar-refractivity contribution in [2.45, 2.75) is 39.7 Å². The minimum Gasteiger partial charge on any atom is -0.373 e. The van der Waals surface area contributed by atoms with Crippen LogP contribution in [0.2, 0.25) is 0 Å². The van der Waals surface area contributed by atoms with Gasteiger partial charge in [0.2, 0.25) is 0 Å². The smallest absolute Gasteiger partial charge is 0.162 e. The lowest BCUT2D eigenvalue weighted by Crippen LogP contribution is -2.32. The van der Waals surface area contributed by atoms with Crippen molar-refractivity contribution in [1.82, 2.24) is 0 Å². The number of carbonyl (C=O) groups excluding carboxylic acids is 1. The highest BCUT2D eigenvalue weighted by molar-refractivity contribution is 7.12. The summed E-state index contributed by atoms with van der Waals surface area (Å²) >= 11 is 1.78. The molecule has 27 heavy (non-hydrogen) atoms. The van der Waals surface area contributed by atoms with E-state index in [0.717, 1.165) is 17.7 Å². The van der Waals surface area contributed by atoms with E-state index in [0.29, 0.717) is 12.2 Å². The zero-order chi connectivity index (χ0) is 18.8. The van der Waals surface area contributed by atoms with Crippen LogP contribution in [-0.4, -0.2) is 5.78 Å². The Kier molecular flexibility index (Phi) is 3.60. The van der Waals surface area contributed by atoms with Crippen molar-refractivity contribution in [3.05, 3.63) is 69.4 Å². The van der Waals surface area contributed by atoms with E-state index in [-0.39, 0.29) is 11.5 Å². The van der Waals surface area contributed by atoms with Gasteiger partial charge in [0.25, 0.3) is 0 Å². The Labute approximate surface area is 163 Å². The number of hydrogen-bond donors (Lipinski definition) is 1. The zero-order valence-electron chi connectivity index (χ0n) is 15.9. The van der Waals surface area contributed by atoms with E-state index in [4.69, 9.17) is 0 Å². The number of nitrogens with one attached hydrogen (secondary N) is 1. The predicted octanol–water partition coefficient (Wildman–Crippen LogP) is 6.52. The summed E-state index contributed by atoms with van der Waals surface area (Å²) in [5, 5.41) is 6.17. The fourth-order valence-electron chi connectivity index (χ4n) is 4.66. The molecule has 0 saturated heterocycles. The summed E-state index contributed by atoms with van der Waals surface area (Å²) in [6.07, 6.45) is 1.56. The quantitative estimate of drug-likeness (QED) is 0.526. The summed E-state index contributed by atoms with van der Waals surface area (Å²) < 4.78 is 0. The first-order valence-electron chi connectivity index (χ1n) is 9.54. The minimum atomic E-state index is -0.0315. The maximum atomic E-state index is 13.3. The molecule has 0 fully saturated rings. The fourth-order valence-corrected chi connectivity index (χ4v) is 5.60. The van der Waals surface area contributed by atoms with Crippen LogP contribution in [0.25, 0.3) is 16.3 Å². The molecule has 2 heterocycles. The van der Waals surface area contributed by atoms with Gasteiger partial charge in [0.15, 0.2) is 5.78 Å². The Morgan fingerprint density at radius 1 is 1.04 bits per heavy atom. The Morgan fingerprint density at radius 3 is 2.63 bits per heavy atom. The molecule has 1 aromatic heterocycles. The highest BCUT2D eigenvalue weighted by atomic mass is 32.1. The summed E-state index contributed by atoms with van der Waals surface area (Å²) in [4.78, 5) is 15.8. The molecule has 2 aliphatic rings. The molecule has 0 bridgehead atoms. The molecule has 0 amide bonds. The first-order valence-corrected chi connectivity index (χ1v) is 10.4. The SMILES string of the molecule is Cc1ccc([C@@H]2Nc3ccc4ccccc4c3C3=C2C(=O)CC(C)(C)C3)s1. The van der Waals surface area contributed by atoms with Crippen LogP contribution in [0, 0.1) is 12.3 Å². The number of hydrogen-bond acceptors (Lipinski definition) is 3. The number of ketones is 1. The van der Waals surface area contributed by atoms with Crippen LogP contribution in [0.4, 0.5) is 5.69 Å². The maximum Gasteiger partial charge on any atom is 0.162 e. The van der Waals surface area contributed by atoms with E-state index < -0.39 is 0 Å². The summed E-state index contributed by atoms with van der Waals surface area (Å²) in [5.41, 5.74) is 4.61. The van der Waals surface area contributed by atoms with Crippen molar-refractivity contribution in [2.24, 2.45) is 5.41 Å². The van der Waals surface area contributed by atoms with E-state index in [1.54, 1.807) is 11.3 Å². The third-order valence-electron chi connectivity index (χ3n) is 5.78. The second-order valence-corrected chi connectivity index (χ2v) is 9.89. The highest BCUT2D eigenvalue weighted by Gasteiger charge is 2.41. The van der Waals surface area contributed by atoms with Gasteiger partial charge in [-0.2, -0.15) is 0 Å². The Morgan fingerprint density at radius 2 is 1.85 bits per heavy atom. The molecule has 3 aromatic rings. The summed E-state index contributed by atoms with van der Waals surface area (Å²) in [6.45, 7) is 6.55. The van der Waals surface area contributed by atoms with Gasteiger partial charge in [0, 0.05) is 33.0 Å². The van der Waals surface area contributed by atoms with Crippen molar-refractivity contribution < 1.29 is 4.79 Å². The molecule has 1 aliphatic carbocycles. The van der Waals surface area contributed by atoms with Gasteiger partial charge < -0.3 is 5.32 Å². The highest BCUT2D eigenvalue weighted by Crippen LogP contribution is 2.52. The molecule has 2 nitrogen and oxygen atoms in total. The van der Waals surface area contributed by atoms with E-state index in [1.165, 1.54) is 31.7 Å². The normalized spacial score (nSPS) is 21.0. The van der Waals surface area contributed by atoms with Gasteiger partial charge in [-0.3, -0.25) is 4.79 Å². The Hall–Kier alpha value is -2.39. The van der Waals surface area contributed by atoms with Crippen LogP contribution in [0.15, 0.2) is 54.1 Å². The summed E-state index contributed by atoms with van der Waals surface area (Å²) in [6, 6.07) is 17.1. The molecule has 1 atom stereocenters. The molecule has 3 heteroatoms. The van der Waals surface area contributed by atoms with Gasteiger partial charge in [-0.25, -0.2) is 0 Å². The number of fused-ring (bicyclic) bond motifs is 4. The van der Waals surface area contributed by atoms with Crippen molar-refractivity contribution in [1.29, 1.82) is 0 Å². The van der Waals surface area contributed by atoms with Crippen LogP contribution in [-0.2, 0) is 4.79 Å². The van der Waals surface area contributed by atoms with Crippen molar-refractivity contribution in [3.63, 3.8) is 0 Å². The number of carbonyl (C=O) groups is 1. The predicted molar refractivity (Wildman–Crippen MR) is 114 cm³/mol. The second-order valence-electron chi connectivity index (χ2n) is 8.57. The van der Waals surface area contributed by atoms with Crippen molar-refractivity contribution >= 4 is 39.2 Å². The molecule has 2 aromatic carbocycles. The van der Waals surface area contributed by atoms with Crippen LogP contribution in [0.5, 0.6) is 0 Å². The maximum absolute atomic E-state index is 13.3. The zero-order valence-corrected chi connectivity index (χ0v) is 16.7. The number of anilines is 1. The molecule has 1 aliphatic heterocycles. The molecule has 0 unspecified atom stereocenters. The molecule has 136 valence electrons. The lowest BCUT2D eigenvalue weighted by Gasteiger charge is -2.39. The largest absolute Gasteiger partial charge is 0.373 e. The number of thiophene rings is 1. The molecule has 1 N–H and O–H groups in total. The number of aryl methyl sites for hydroxylation is 1. The first-order chi connectivity index (χ1) is 12.9. The molecular formula is C24H23NOS. The third kappa shape index (κ3) is 2.64. The van der Waals surface area contributed by atoms with Crippen LogP contribution >= 0.6 is 11.3 Å². The molecular weight excluding hydrogens is 350 g/mol. The van der Waals surface area contributed by atoms with Gasteiger partial charge in [-0.1, -0.05) is 44.2 Å². The Bertz CT molecular complexity index is 1120. The van der Waals surface area contributed by atoms with E-state index in [2.05, 4.69) is 74.6 Å². The summed E-state index contributed by atoms with van der Waals surface area (Å²) in [5.74, 6) is 0.295. The van der Waals surface area contributed by atoms with Gasteiger partial charge in [-0.05, 0) is 53.3 Å². The number of benzene rings is 2. The molecule has 0 saturated carbocycles. The van der Waals surface area contributed by atoms with E-state index >= 15 is 0 Å². The average molecular weight is 374 g/mol. The first kappa shape index (κ1) is 16.8. The molecule has 0 spiro atoms. The van der Waals surface area contributed by atoms with Gasteiger partial charge in [-0.15, -0.1) is 11.3 Å². The standard InChI is InChI=1S/C24H23NOS/c1-14-8-11-20(27-14)23-22-17(12-24(2,3)13-19(22)26)21-16-7-5-4-6-15(16)9-10-18(21)25-23/h4-11,23,25H,12-13H2,1-3H3/t23-/m0/s1. The average Bonchev–Trinajstić information content (AvgIpc) is 3.05. The van der Waals surface area contributed by atoms with Crippen LogP contribution in [0.1, 0.15) is 48.0 Å². The van der Waals surface area contributed by atoms with Gasteiger partial charge in [0.05, 0.1) is 6.04 Å². The van der Waals surface area contributed by atoms with Crippen LogP contribution < -0.4 is 5.32 Å². The van der Waals surface area contributed by atoms with Gasteiger partial charge in [0.1, 0.15) is 0 Å². The van der Waals surface area contributed by atoms with E-state index in [9.17, 15) is 4.79 Å². The second kappa shape index (κ2) is 5.80. The topological polar surface area (TPSA) is 29.1 Å². The van der Waals surface area contributed by atoms with Gasteiger partial charge >= 0.3 is 0 Å².